The van der Waals surface area contributed by atoms with Gasteiger partial charge in [0.15, 0.2) is 11.9 Å². The molecule has 0 spiro atoms. The number of esters is 1. The Morgan fingerprint density at radius 1 is 1.27 bits per heavy atom. The lowest BCUT2D eigenvalue weighted by atomic mass is 10.1. The van der Waals surface area contributed by atoms with Gasteiger partial charge < -0.3 is 15.0 Å². The van der Waals surface area contributed by atoms with Crippen molar-refractivity contribution in [2.75, 3.05) is 5.32 Å². The number of halogens is 2. The van der Waals surface area contributed by atoms with Gasteiger partial charge in [-0.2, -0.15) is 0 Å². The van der Waals surface area contributed by atoms with Gasteiger partial charge in [-0.05, 0) is 51.5 Å². The number of carbonyl (C=O) groups excluding carboxylic acids is 3. The zero-order chi connectivity index (χ0) is 19.6. The molecule has 8 heteroatoms. The summed E-state index contributed by atoms with van der Waals surface area (Å²) in [5.74, 6) is -2.37. The lowest BCUT2D eigenvalue weighted by Gasteiger charge is -2.14. The molecule has 138 valence electrons. The highest BCUT2D eigenvalue weighted by Gasteiger charge is 2.25. The summed E-state index contributed by atoms with van der Waals surface area (Å²) in [6.07, 6.45) is -1.18. The van der Waals surface area contributed by atoms with Crippen LogP contribution in [0.15, 0.2) is 18.2 Å². The van der Waals surface area contributed by atoms with Gasteiger partial charge in [0.1, 0.15) is 11.5 Å². The molecule has 1 aromatic carbocycles. The van der Waals surface area contributed by atoms with E-state index in [1.807, 2.05) is 0 Å². The molecule has 0 saturated heterocycles. The number of benzene rings is 1. The second-order valence-electron chi connectivity index (χ2n) is 5.84. The maximum absolute atomic E-state index is 13.7. The number of aryl methyl sites for hydroxylation is 1. The normalized spacial score (nSPS) is 11.8. The number of ketones is 1. The van der Waals surface area contributed by atoms with E-state index in [1.165, 1.54) is 26.0 Å². The fraction of sp³-hybridized carbons (Fsp3) is 0.278. The molecule has 0 unspecified atom stereocenters. The Labute approximate surface area is 154 Å². The summed E-state index contributed by atoms with van der Waals surface area (Å²) in [6, 6.07) is 3.79. The third-order valence-corrected chi connectivity index (χ3v) is 4.07. The molecule has 2 rings (SSSR count). The van der Waals surface area contributed by atoms with Crippen LogP contribution in [0.3, 0.4) is 0 Å². The number of anilines is 1. The molecule has 0 fully saturated rings. The first-order valence-electron chi connectivity index (χ1n) is 7.78. The van der Waals surface area contributed by atoms with Gasteiger partial charge in [0.25, 0.3) is 5.91 Å². The van der Waals surface area contributed by atoms with Gasteiger partial charge in [-0.15, -0.1) is 0 Å². The van der Waals surface area contributed by atoms with Crippen molar-refractivity contribution in [2.45, 2.75) is 33.8 Å². The van der Waals surface area contributed by atoms with Gasteiger partial charge in [0.05, 0.1) is 5.69 Å². The van der Waals surface area contributed by atoms with Crippen molar-refractivity contribution in [3.63, 3.8) is 0 Å². The molecule has 26 heavy (non-hydrogen) atoms. The molecule has 1 amide bonds. The van der Waals surface area contributed by atoms with E-state index in [4.69, 9.17) is 16.3 Å². The van der Waals surface area contributed by atoms with Crippen LogP contribution in [0.5, 0.6) is 0 Å². The second-order valence-corrected chi connectivity index (χ2v) is 6.28. The number of nitrogens with one attached hydrogen (secondary N) is 2. The number of aromatic nitrogens is 1. The second kappa shape index (κ2) is 7.70. The fourth-order valence-electron chi connectivity index (χ4n) is 2.58. The van der Waals surface area contributed by atoms with Crippen molar-refractivity contribution in [3.05, 3.63) is 51.6 Å². The molecular weight excluding hydrogens is 363 g/mol. The minimum Gasteiger partial charge on any atom is -0.448 e. The monoisotopic (exact) mass is 380 g/mol. The van der Waals surface area contributed by atoms with E-state index in [1.54, 1.807) is 13.8 Å². The summed E-state index contributed by atoms with van der Waals surface area (Å²) in [4.78, 5) is 38.9. The fourth-order valence-corrected chi connectivity index (χ4v) is 2.74. The van der Waals surface area contributed by atoms with Crippen LogP contribution < -0.4 is 5.32 Å². The molecule has 0 aliphatic carbocycles. The third kappa shape index (κ3) is 4.11. The molecule has 0 aliphatic rings. The molecule has 1 atom stereocenters. The molecule has 2 aromatic rings. The highest BCUT2D eigenvalue weighted by atomic mass is 35.5. The van der Waals surface area contributed by atoms with Crippen molar-refractivity contribution in [1.82, 2.24) is 4.98 Å². The van der Waals surface area contributed by atoms with E-state index in [0.717, 1.165) is 6.07 Å². The van der Waals surface area contributed by atoms with Crippen molar-refractivity contribution in [3.8, 4) is 0 Å². The zero-order valence-electron chi connectivity index (χ0n) is 14.7. The van der Waals surface area contributed by atoms with Gasteiger partial charge in [-0.3, -0.25) is 9.59 Å². The van der Waals surface area contributed by atoms with Gasteiger partial charge in [-0.1, -0.05) is 11.6 Å². The highest BCUT2D eigenvalue weighted by Crippen LogP contribution is 2.21. The van der Waals surface area contributed by atoms with Crippen LogP contribution in [-0.4, -0.2) is 28.7 Å². The Morgan fingerprint density at radius 3 is 2.46 bits per heavy atom. The summed E-state index contributed by atoms with van der Waals surface area (Å²) in [5, 5.41) is 2.52. The average Bonchev–Trinajstić information content (AvgIpc) is 2.84. The molecule has 2 N–H and O–H groups in total. The Hall–Kier alpha value is -2.67. The van der Waals surface area contributed by atoms with Crippen LogP contribution in [0, 0.1) is 19.7 Å². The van der Waals surface area contributed by atoms with Crippen molar-refractivity contribution in [2.24, 2.45) is 0 Å². The number of amides is 1. The smallest absolute Gasteiger partial charge is 0.355 e. The number of hydrogen-bond donors (Lipinski definition) is 2. The Balaban J connectivity index is 2.10. The standard InChI is InChI=1S/C18H18ClFN2O4/c1-8-15(10(3)23)9(2)21-16(8)18(25)26-11(4)17(24)22-14-6-5-12(19)7-13(14)20/h5-7,11,21H,1-4H3,(H,22,24)/t11-/m1/s1. The quantitative estimate of drug-likeness (QED) is 0.609. The predicted octanol–water partition coefficient (Wildman–Crippen LogP) is 3.81. The van der Waals surface area contributed by atoms with E-state index >= 15 is 0 Å². The molecule has 0 bridgehead atoms. The van der Waals surface area contributed by atoms with E-state index < -0.39 is 23.8 Å². The number of H-pyrrole nitrogens is 1. The summed E-state index contributed by atoms with van der Waals surface area (Å²) >= 11 is 5.65. The van der Waals surface area contributed by atoms with Gasteiger partial charge >= 0.3 is 5.97 Å². The van der Waals surface area contributed by atoms with Crippen LogP contribution in [0.1, 0.15) is 46.0 Å². The maximum atomic E-state index is 13.7. The van der Waals surface area contributed by atoms with Crippen LogP contribution >= 0.6 is 11.6 Å². The summed E-state index contributed by atoms with van der Waals surface area (Å²) in [7, 11) is 0. The molecule has 1 heterocycles. The molecule has 0 aliphatic heterocycles. The van der Waals surface area contributed by atoms with Gasteiger partial charge in [0, 0.05) is 16.3 Å². The molecule has 0 saturated carbocycles. The predicted molar refractivity (Wildman–Crippen MR) is 95.2 cm³/mol. The lowest BCUT2D eigenvalue weighted by molar-refractivity contribution is -0.123. The molecule has 0 radical (unpaired) electrons. The Morgan fingerprint density at radius 2 is 1.92 bits per heavy atom. The first-order valence-corrected chi connectivity index (χ1v) is 8.16. The highest BCUT2D eigenvalue weighted by molar-refractivity contribution is 6.30. The number of ether oxygens (including phenoxy) is 1. The topological polar surface area (TPSA) is 88.3 Å². The molecular formula is C18H18ClFN2O4. The van der Waals surface area contributed by atoms with Crippen LogP contribution in [0.25, 0.3) is 0 Å². The largest absolute Gasteiger partial charge is 0.448 e. The van der Waals surface area contributed by atoms with Crippen molar-refractivity contribution >= 4 is 34.9 Å². The van der Waals surface area contributed by atoms with Gasteiger partial charge in [-0.25, -0.2) is 9.18 Å². The first kappa shape index (κ1) is 19.7. The number of rotatable bonds is 5. The number of Topliss-reactive ketones (excluding diaryl/α,β-unsaturated/α-hetero) is 1. The zero-order valence-corrected chi connectivity index (χ0v) is 15.5. The summed E-state index contributed by atoms with van der Waals surface area (Å²) in [6.45, 7) is 6.04. The van der Waals surface area contributed by atoms with Crippen LogP contribution in [0.2, 0.25) is 5.02 Å². The molecule has 6 nitrogen and oxygen atoms in total. The van der Waals surface area contributed by atoms with E-state index in [9.17, 15) is 18.8 Å². The Bertz CT molecular complexity index is 892. The first-order chi connectivity index (χ1) is 12.1. The minimum absolute atomic E-state index is 0.0759. The Kier molecular flexibility index (Phi) is 5.82. The van der Waals surface area contributed by atoms with Crippen molar-refractivity contribution < 1.29 is 23.5 Å². The SMILES string of the molecule is CC(=O)c1c(C)[nH]c(C(=O)O[C@H](C)C(=O)Nc2ccc(Cl)cc2F)c1C. The van der Waals surface area contributed by atoms with Crippen LogP contribution in [-0.2, 0) is 9.53 Å². The summed E-state index contributed by atoms with van der Waals surface area (Å²) in [5.41, 5.74) is 1.44. The average molecular weight is 381 g/mol. The van der Waals surface area contributed by atoms with E-state index in [0.29, 0.717) is 16.8 Å². The minimum atomic E-state index is -1.18. The van der Waals surface area contributed by atoms with Crippen molar-refractivity contribution in [1.29, 1.82) is 0 Å². The van der Waals surface area contributed by atoms with E-state index in [2.05, 4.69) is 10.3 Å². The number of hydrogen-bond acceptors (Lipinski definition) is 4. The number of aromatic amines is 1. The van der Waals surface area contributed by atoms with E-state index in [-0.39, 0.29) is 22.2 Å². The van der Waals surface area contributed by atoms with Gasteiger partial charge in [0.2, 0.25) is 0 Å². The van der Waals surface area contributed by atoms with Crippen LogP contribution in [0.4, 0.5) is 10.1 Å². The maximum Gasteiger partial charge on any atom is 0.355 e. The lowest BCUT2D eigenvalue weighted by Crippen LogP contribution is -2.30. The summed E-state index contributed by atoms with van der Waals surface area (Å²) < 4.78 is 18.9. The third-order valence-electron chi connectivity index (χ3n) is 3.84. The molecule has 1 aromatic heterocycles. The number of carbonyl (C=O) groups is 3.